The van der Waals surface area contributed by atoms with Gasteiger partial charge in [-0.1, -0.05) is 13.8 Å². The van der Waals surface area contributed by atoms with E-state index in [1.54, 1.807) is 7.05 Å². The predicted molar refractivity (Wildman–Crippen MR) is 37.9 cm³/mol. The summed E-state index contributed by atoms with van der Waals surface area (Å²) in [7, 11) is 1.69. The fourth-order valence-corrected chi connectivity index (χ4v) is 0.486. The van der Waals surface area contributed by atoms with Gasteiger partial charge in [0.1, 0.15) is 0 Å². The Morgan fingerprint density at radius 1 is 1.56 bits per heavy atom. The second-order valence-electron chi connectivity index (χ2n) is 2.65. The molecular weight excluding hydrogens is 116 g/mol. The molecule has 0 aliphatic carbocycles. The van der Waals surface area contributed by atoms with Crippen LogP contribution in [0.5, 0.6) is 0 Å². The third-order valence-corrected chi connectivity index (χ3v) is 1.17. The van der Waals surface area contributed by atoms with Crippen LogP contribution in [0.15, 0.2) is 5.29 Å². The van der Waals surface area contributed by atoms with Gasteiger partial charge in [-0.3, -0.25) is 5.01 Å². The van der Waals surface area contributed by atoms with Gasteiger partial charge < -0.3 is 0 Å². The van der Waals surface area contributed by atoms with Crippen LogP contribution in [-0.4, -0.2) is 18.6 Å². The molecule has 0 heterocycles. The molecule has 0 bridgehead atoms. The number of nitroso groups, excluding NO2 is 1. The molecule has 0 N–H and O–H groups in total. The van der Waals surface area contributed by atoms with Crippen LogP contribution >= 0.6 is 0 Å². The van der Waals surface area contributed by atoms with E-state index in [0.717, 1.165) is 13.0 Å². The zero-order valence-corrected chi connectivity index (χ0v) is 6.29. The topological polar surface area (TPSA) is 32.7 Å². The lowest BCUT2D eigenvalue weighted by molar-refractivity contribution is 0.322. The lowest BCUT2D eigenvalue weighted by Gasteiger charge is -2.09. The van der Waals surface area contributed by atoms with Crippen molar-refractivity contribution in [1.29, 1.82) is 0 Å². The SMILES string of the molecule is CC(C)CCN(C)N=O. The van der Waals surface area contributed by atoms with Gasteiger partial charge in [-0.2, -0.15) is 0 Å². The zero-order chi connectivity index (χ0) is 7.28. The summed E-state index contributed by atoms with van der Waals surface area (Å²) in [6.07, 6.45) is 1.03. The summed E-state index contributed by atoms with van der Waals surface area (Å²) >= 11 is 0. The van der Waals surface area contributed by atoms with Crippen molar-refractivity contribution in [2.45, 2.75) is 20.3 Å². The van der Waals surface area contributed by atoms with E-state index in [1.165, 1.54) is 5.01 Å². The third-order valence-electron chi connectivity index (χ3n) is 1.17. The Kier molecular flexibility index (Phi) is 4.01. The Bertz CT molecular complexity index is 83.1. The Balaban J connectivity index is 3.16. The van der Waals surface area contributed by atoms with Crippen molar-refractivity contribution in [3.05, 3.63) is 4.91 Å². The molecule has 0 aliphatic heterocycles. The van der Waals surface area contributed by atoms with Crippen molar-refractivity contribution in [3.8, 4) is 0 Å². The largest absolute Gasteiger partial charge is 0.264 e. The average molecular weight is 130 g/mol. The molecule has 0 saturated heterocycles. The second-order valence-corrected chi connectivity index (χ2v) is 2.65. The molecule has 0 aliphatic rings. The molecule has 0 unspecified atom stereocenters. The molecule has 3 heteroatoms. The summed E-state index contributed by atoms with van der Waals surface area (Å²) in [5.74, 6) is 0.647. The van der Waals surface area contributed by atoms with Crippen molar-refractivity contribution in [2.75, 3.05) is 13.6 Å². The Hall–Kier alpha value is -0.600. The van der Waals surface area contributed by atoms with E-state index >= 15 is 0 Å². The zero-order valence-electron chi connectivity index (χ0n) is 6.29. The molecule has 0 aromatic heterocycles. The standard InChI is InChI=1S/C6H14N2O/c1-6(2)4-5-8(3)7-9/h6H,4-5H2,1-3H3. The number of hydrogen-bond acceptors (Lipinski definition) is 2. The number of rotatable bonds is 4. The summed E-state index contributed by atoms with van der Waals surface area (Å²) in [6.45, 7) is 5.01. The van der Waals surface area contributed by atoms with E-state index in [4.69, 9.17) is 0 Å². The highest BCUT2D eigenvalue weighted by molar-refractivity contribution is 4.47. The first-order valence-corrected chi connectivity index (χ1v) is 3.21. The Morgan fingerprint density at radius 2 is 2.11 bits per heavy atom. The molecule has 0 aromatic carbocycles. The average Bonchev–Trinajstić information content (AvgIpc) is 1.83. The molecule has 0 fully saturated rings. The summed E-state index contributed by atoms with van der Waals surface area (Å²) in [5.41, 5.74) is 0. The summed E-state index contributed by atoms with van der Waals surface area (Å²) < 4.78 is 0. The van der Waals surface area contributed by atoms with Crippen LogP contribution in [-0.2, 0) is 0 Å². The lowest BCUT2D eigenvalue weighted by atomic mass is 10.1. The van der Waals surface area contributed by atoms with Crippen molar-refractivity contribution in [1.82, 2.24) is 5.01 Å². The summed E-state index contributed by atoms with van der Waals surface area (Å²) in [4.78, 5) is 9.79. The molecule has 0 aromatic rings. The molecule has 9 heavy (non-hydrogen) atoms. The molecule has 0 saturated carbocycles. The van der Waals surface area contributed by atoms with Crippen LogP contribution in [0.2, 0.25) is 0 Å². The molecule has 3 nitrogen and oxygen atoms in total. The Labute approximate surface area is 56.0 Å². The fraction of sp³-hybridized carbons (Fsp3) is 1.00. The molecule has 0 radical (unpaired) electrons. The van der Waals surface area contributed by atoms with Crippen molar-refractivity contribution >= 4 is 0 Å². The first kappa shape index (κ1) is 8.40. The van der Waals surface area contributed by atoms with E-state index in [1.807, 2.05) is 0 Å². The molecule has 0 spiro atoms. The van der Waals surface area contributed by atoms with Gasteiger partial charge in [-0.25, -0.2) is 0 Å². The predicted octanol–water partition coefficient (Wildman–Crippen LogP) is 1.65. The molecule has 54 valence electrons. The van der Waals surface area contributed by atoms with Gasteiger partial charge in [0.25, 0.3) is 0 Å². The second kappa shape index (κ2) is 4.30. The smallest absolute Gasteiger partial charge is 0.0521 e. The normalized spacial score (nSPS) is 9.78. The van der Waals surface area contributed by atoms with Crippen molar-refractivity contribution in [2.24, 2.45) is 11.2 Å². The maximum Gasteiger partial charge on any atom is 0.0521 e. The minimum atomic E-state index is 0.647. The van der Waals surface area contributed by atoms with E-state index in [0.29, 0.717) is 5.92 Å². The van der Waals surface area contributed by atoms with Crippen LogP contribution < -0.4 is 0 Å². The Morgan fingerprint density at radius 3 is 2.44 bits per heavy atom. The van der Waals surface area contributed by atoms with Gasteiger partial charge in [-0.05, 0) is 12.3 Å². The van der Waals surface area contributed by atoms with E-state index in [2.05, 4.69) is 19.1 Å². The van der Waals surface area contributed by atoms with Crippen LogP contribution in [0.1, 0.15) is 20.3 Å². The summed E-state index contributed by atoms with van der Waals surface area (Å²) in [6, 6.07) is 0. The quantitative estimate of drug-likeness (QED) is 0.428. The monoisotopic (exact) mass is 130 g/mol. The van der Waals surface area contributed by atoms with Crippen LogP contribution in [0.4, 0.5) is 0 Å². The molecule has 0 amide bonds. The van der Waals surface area contributed by atoms with Gasteiger partial charge in [0.05, 0.1) is 5.29 Å². The molecular formula is C6H14N2O. The van der Waals surface area contributed by atoms with Gasteiger partial charge in [0.2, 0.25) is 0 Å². The van der Waals surface area contributed by atoms with Gasteiger partial charge in [-0.15, -0.1) is 4.91 Å². The van der Waals surface area contributed by atoms with E-state index in [-0.39, 0.29) is 0 Å². The molecule has 0 rings (SSSR count). The van der Waals surface area contributed by atoms with E-state index < -0.39 is 0 Å². The van der Waals surface area contributed by atoms with Crippen molar-refractivity contribution in [3.63, 3.8) is 0 Å². The first-order chi connectivity index (χ1) is 4.16. The summed E-state index contributed by atoms with van der Waals surface area (Å²) in [5, 5.41) is 4.16. The minimum Gasteiger partial charge on any atom is -0.264 e. The number of nitrogens with zero attached hydrogens (tertiary/aromatic N) is 2. The van der Waals surface area contributed by atoms with Gasteiger partial charge >= 0.3 is 0 Å². The lowest BCUT2D eigenvalue weighted by Crippen LogP contribution is -2.13. The highest BCUT2D eigenvalue weighted by Crippen LogP contribution is 1.99. The highest BCUT2D eigenvalue weighted by Gasteiger charge is 1.96. The highest BCUT2D eigenvalue weighted by atomic mass is 16.3. The molecule has 0 atom stereocenters. The number of hydrogen-bond donors (Lipinski definition) is 0. The van der Waals surface area contributed by atoms with Gasteiger partial charge in [0.15, 0.2) is 0 Å². The van der Waals surface area contributed by atoms with Crippen LogP contribution in [0, 0.1) is 10.8 Å². The van der Waals surface area contributed by atoms with Crippen molar-refractivity contribution < 1.29 is 0 Å². The maximum absolute atomic E-state index is 9.79. The van der Waals surface area contributed by atoms with Crippen LogP contribution in [0.25, 0.3) is 0 Å². The van der Waals surface area contributed by atoms with Gasteiger partial charge in [0, 0.05) is 13.6 Å². The minimum absolute atomic E-state index is 0.647. The van der Waals surface area contributed by atoms with Crippen LogP contribution in [0.3, 0.4) is 0 Å². The fourth-order valence-electron chi connectivity index (χ4n) is 0.486. The third kappa shape index (κ3) is 5.27. The first-order valence-electron chi connectivity index (χ1n) is 3.21. The van der Waals surface area contributed by atoms with E-state index in [9.17, 15) is 4.91 Å². The maximum atomic E-state index is 9.79.